The quantitative estimate of drug-likeness (QED) is 0.852. The summed E-state index contributed by atoms with van der Waals surface area (Å²) in [5.41, 5.74) is 3.55. The van der Waals surface area contributed by atoms with Gasteiger partial charge in [0.25, 0.3) is 0 Å². The molecule has 0 spiro atoms. The highest BCUT2D eigenvalue weighted by Crippen LogP contribution is 2.22. The van der Waals surface area contributed by atoms with E-state index in [0.717, 1.165) is 31.6 Å². The van der Waals surface area contributed by atoms with Crippen molar-refractivity contribution in [3.05, 3.63) is 33.5 Å². The largest absolute Gasteiger partial charge is 0.309 e. The van der Waals surface area contributed by atoms with Gasteiger partial charge in [0.15, 0.2) is 0 Å². The fourth-order valence-corrected chi connectivity index (χ4v) is 3.21. The Labute approximate surface area is 125 Å². The number of aryl methyl sites for hydroxylation is 3. The molecule has 0 amide bonds. The van der Waals surface area contributed by atoms with Crippen LogP contribution in [-0.2, 0) is 19.4 Å². The minimum Gasteiger partial charge on any atom is -0.309 e. The first-order chi connectivity index (χ1) is 9.67. The van der Waals surface area contributed by atoms with Crippen molar-refractivity contribution in [2.45, 2.75) is 53.1 Å². The van der Waals surface area contributed by atoms with Crippen LogP contribution in [0, 0.1) is 6.92 Å². The first-order valence-electron chi connectivity index (χ1n) is 7.38. The zero-order chi connectivity index (χ0) is 14.5. The first-order valence-corrected chi connectivity index (χ1v) is 8.26. The summed E-state index contributed by atoms with van der Waals surface area (Å²) in [4.78, 5) is 4.59. The van der Waals surface area contributed by atoms with Crippen LogP contribution >= 0.6 is 11.3 Å². The lowest BCUT2D eigenvalue weighted by atomic mass is 10.1. The van der Waals surface area contributed by atoms with Crippen molar-refractivity contribution in [2.24, 2.45) is 0 Å². The van der Waals surface area contributed by atoms with E-state index >= 15 is 0 Å². The van der Waals surface area contributed by atoms with Crippen molar-refractivity contribution in [2.75, 3.05) is 6.54 Å². The summed E-state index contributed by atoms with van der Waals surface area (Å²) in [6, 6.07) is 2.52. The van der Waals surface area contributed by atoms with Gasteiger partial charge in [-0.3, -0.25) is 4.68 Å². The Balaban J connectivity index is 2.25. The van der Waals surface area contributed by atoms with Crippen molar-refractivity contribution in [3.63, 3.8) is 0 Å². The van der Waals surface area contributed by atoms with Gasteiger partial charge >= 0.3 is 0 Å². The molecule has 20 heavy (non-hydrogen) atoms. The molecule has 0 aliphatic carbocycles. The van der Waals surface area contributed by atoms with E-state index in [1.165, 1.54) is 16.4 Å². The molecule has 4 nitrogen and oxygen atoms in total. The molecule has 0 radical (unpaired) electrons. The van der Waals surface area contributed by atoms with Crippen LogP contribution in [0.3, 0.4) is 0 Å². The van der Waals surface area contributed by atoms with E-state index in [4.69, 9.17) is 0 Å². The molecule has 110 valence electrons. The molecule has 1 atom stereocenters. The molecule has 0 saturated carbocycles. The van der Waals surface area contributed by atoms with Crippen molar-refractivity contribution in [1.29, 1.82) is 0 Å². The summed E-state index contributed by atoms with van der Waals surface area (Å²) in [5, 5.41) is 11.5. The van der Waals surface area contributed by atoms with Crippen molar-refractivity contribution >= 4 is 11.3 Å². The predicted octanol–water partition coefficient (Wildman–Crippen LogP) is 3.12. The van der Waals surface area contributed by atoms with Gasteiger partial charge in [-0.25, -0.2) is 4.98 Å². The molecule has 0 aromatic carbocycles. The molecule has 2 aromatic heterocycles. The number of hydrogen-bond donors (Lipinski definition) is 1. The maximum atomic E-state index is 4.66. The van der Waals surface area contributed by atoms with Gasteiger partial charge in [-0.1, -0.05) is 13.8 Å². The van der Waals surface area contributed by atoms with Crippen LogP contribution in [0.1, 0.15) is 48.9 Å². The number of hydrogen-bond acceptors (Lipinski definition) is 4. The monoisotopic (exact) mass is 292 g/mol. The summed E-state index contributed by atoms with van der Waals surface area (Å²) in [7, 11) is 0. The van der Waals surface area contributed by atoms with Crippen LogP contribution in [0.25, 0.3) is 0 Å². The van der Waals surface area contributed by atoms with Crippen molar-refractivity contribution in [3.8, 4) is 0 Å². The van der Waals surface area contributed by atoms with E-state index in [1.54, 1.807) is 11.3 Å². The molecule has 0 saturated heterocycles. The number of nitrogens with zero attached hydrogens (tertiary/aromatic N) is 3. The fourth-order valence-electron chi connectivity index (χ4n) is 2.39. The van der Waals surface area contributed by atoms with Crippen LogP contribution < -0.4 is 5.32 Å². The Morgan fingerprint density at radius 3 is 2.70 bits per heavy atom. The third kappa shape index (κ3) is 3.46. The van der Waals surface area contributed by atoms with Gasteiger partial charge in [-0.05, 0) is 32.9 Å². The van der Waals surface area contributed by atoms with Crippen molar-refractivity contribution < 1.29 is 0 Å². The fraction of sp³-hybridized carbons (Fsp3) is 0.600. The molecular weight excluding hydrogens is 268 g/mol. The van der Waals surface area contributed by atoms with Crippen LogP contribution in [0.15, 0.2) is 11.4 Å². The number of nitrogens with one attached hydrogen (secondary N) is 1. The van der Waals surface area contributed by atoms with Gasteiger partial charge in [0, 0.05) is 24.0 Å². The van der Waals surface area contributed by atoms with Crippen LogP contribution in [0.5, 0.6) is 0 Å². The zero-order valence-electron chi connectivity index (χ0n) is 12.8. The zero-order valence-corrected chi connectivity index (χ0v) is 13.6. The predicted molar refractivity (Wildman–Crippen MR) is 84.3 cm³/mol. The van der Waals surface area contributed by atoms with E-state index in [-0.39, 0.29) is 0 Å². The lowest BCUT2D eigenvalue weighted by molar-refractivity contribution is 0.488. The number of rotatable bonds is 7. The Hall–Kier alpha value is -1.20. The molecule has 2 heterocycles. The van der Waals surface area contributed by atoms with Crippen LogP contribution in [0.4, 0.5) is 0 Å². The Morgan fingerprint density at radius 1 is 1.35 bits per heavy atom. The second-order valence-corrected chi connectivity index (χ2v) is 5.87. The third-order valence-electron chi connectivity index (χ3n) is 3.38. The van der Waals surface area contributed by atoms with Crippen LogP contribution in [0.2, 0.25) is 0 Å². The summed E-state index contributed by atoms with van der Waals surface area (Å²) in [6.07, 6.45) is 1.91. The van der Waals surface area contributed by atoms with Crippen LogP contribution in [-0.4, -0.2) is 21.3 Å². The first kappa shape index (κ1) is 15.2. The molecule has 2 aromatic rings. The number of thiazole rings is 1. The highest BCUT2D eigenvalue weighted by atomic mass is 32.1. The van der Waals surface area contributed by atoms with E-state index < -0.39 is 0 Å². The van der Waals surface area contributed by atoms with Gasteiger partial charge in [0.1, 0.15) is 0 Å². The summed E-state index contributed by atoms with van der Waals surface area (Å²) < 4.78 is 2.12. The smallest absolute Gasteiger partial charge is 0.0947 e. The minimum absolute atomic E-state index is 0.290. The minimum atomic E-state index is 0.290. The maximum Gasteiger partial charge on any atom is 0.0947 e. The molecule has 0 aliphatic heterocycles. The Morgan fingerprint density at radius 2 is 2.15 bits per heavy atom. The topological polar surface area (TPSA) is 42.7 Å². The van der Waals surface area contributed by atoms with Gasteiger partial charge in [-0.2, -0.15) is 5.10 Å². The second-order valence-electron chi connectivity index (χ2n) is 4.93. The summed E-state index contributed by atoms with van der Waals surface area (Å²) >= 11 is 1.74. The van der Waals surface area contributed by atoms with E-state index in [0.29, 0.717) is 6.04 Å². The van der Waals surface area contributed by atoms with E-state index in [2.05, 4.69) is 52.3 Å². The molecule has 0 aliphatic rings. The third-order valence-corrected chi connectivity index (χ3v) is 4.37. The molecule has 2 rings (SSSR count). The summed E-state index contributed by atoms with van der Waals surface area (Å²) in [5.74, 6) is 0. The molecule has 1 N–H and O–H groups in total. The Kier molecular flexibility index (Phi) is 5.31. The summed E-state index contributed by atoms with van der Waals surface area (Å²) in [6.45, 7) is 10.4. The molecule has 0 fully saturated rings. The SMILES string of the molecule is CCNC(Cc1nc(C)cs1)c1cc(CC)nn1CC. The van der Waals surface area contributed by atoms with Crippen molar-refractivity contribution in [1.82, 2.24) is 20.1 Å². The lowest BCUT2D eigenvalue weighted by Crippen LogP contribution is -2.25. The average molecular weight is 292 g/mol. The van der Waals surface area contributed by atoms with Gasteiger partial charge in [0.2, 0.25) is 0 Å². The molecule has 5 heteroatoms. The van der Waals surface area contributed by atoms with E-state index in [9.17, 15) is 0 Å². The average Bonchev–Trinajstić information content (AvgIpc) is 3.04. The Bertz CT molecular complexity index is 544. The highest BCUT2D eigenvalue weighted by Gasteiger charge is 2.18. The van der Waals surface area contributed by atoms with E-state index in [1.807, 2.05) is 6.92 Å². The highest BCUT2D eigenvalue weighted by molar-refractivity contribution is 7.09. The van der Waals surface area contributed by atoms with Gasteiger partial charge < -0.3 is 5.32 Å². The second kappa shape index (κ2) is 6.99. The molecule has 1 unspecified atom stereocenters. The normalized spacial score (nSPS) is 12.8. The van der Waals surface area contributed by atoms with Gasteiger partial charge in [0.05, 0.1) is 22.4 Å². The standard InChI is InChI=1S/C15H24N4S/c1-5-12-8-14(19(7-3)18-12)13(16-6-2)9-15-17-11(4)10-20-15/h8,10,13,16H,5-7,9H2,1-4H3. The lowest BCUT2D eigenvalue weighted by Gasteiger charge is -2.17. The maximum absolute atomic E-state index is 4.66. The number of likely N-dealkylation sites (N-methyl/N-ethyl adjacent to an activating group) is 1. The number of aromatic nitrogens is 3. The van der Waals surface area contributed by atoms with Gasteiger partial charge in [-0.15, -0.1) is 11.3 Å². The molecule has 0 bridgehead atoms. The molecular formula is C15H24N4S.